The molecule has 142 valence electrons. The van der Waals surface area contributed by atoms with Gasteiger partial charge in [0.15, 0.2) is 0 Å². The van der Waals surface area contributed by atoms with E-state index in [1.807, 2.05) is 25.1 Å². The van der Waals surface area contributed by atoms with Crippen LogP contribution in [0, 0.1) is 11.3 Å². The Morgan fingerprint density at radius 2 is 1.71 bits per heavy atom. The molecule has 0 atom stereocenters. The summed E-state index contributed by atoms with van der Waals surface area (Å²) in [5, 5.41) is 9.49. The van der Waals surface area contributed by atoms with Crippen molar-refractivity contribution in [2.45, 2.75) is 18.2 Å². The molecule has 3 aromatic carbocycles. The Morgan fingerprint density at radius 1 is 1.04 bits per heavy atom. The topological polar surface area (TPSA) is 79.2 Å². The van der Waals surface area contributed by atoms with Crippen molar-refractivity contribution in [3.63, 3.8) is 0 Å². The van der Waals surface area contributed by atoms with Crippen LogP contribution in [-0.4, -0.2) is 8.42 Å². The Morgan fingerprint density at radius 3 is 2.32 bits per heavy atom. The van der Waals surface area contributed by atoms with E-state index in [4.69, 9.17) is 16.3 Å². The number of ether oxygens (including phenoxy) is 1. The van der Waals surface area contributed by atoms with E-state index >= 15 is 0 Å². The summed E-state index contributed by atoms with van der Waals surface area (Å²) in [7, 11) is -3.72. The van der Waals surface area contributed by atoms with Gasteiger partial charge < -0.3 is 4.74 Å². The maximum atomic E-state index is 12.6. The number of hydrogen-bond donors (Lipinski definition) is 1. The molecule has 0 spiro atoms. The highest BCUT2D eigenvalue weighted by molar-refractivity contribution is 7.92. The molecule has 0 unspecified atom stereocenters. The molecule has 0 saturated carbocycles. The molecule has 5 nitrogen and oxygen atoms in total. The summed E-state index contributed by atoms with van der Waals surface area (Å²) in [5.41, 5.74) is 1.84. The van der Waals surface area contributed by atoms with E-state index < -0.39 is 10.0 Å². The Bertz CT molecular complexity index is 1120. The van der Waals surface area contributed by atoms with Crippen molar-refractivity contribution >= 4 is 27.3 Å². The Balaban J connectivity index is 1.78. The van der Waals surface area contributed by atoms with Gasteiger partial charge in [-0.3, -0.25) is 4.72 Å². The second-order valence-electron chi connectivity index (χ2n) is 5.95. The predicted molar refractivity (Wildman–Crippen MR) is 109 cm³/mol. The van der Waals surface area contributed by atoms with Crippen molar-refractivity contribution in [2.24, 2.45) is 0 Å². The van der Waals surface area contributed by atoms with E-state index in [0.717, 1.165) is 12.0 Å². The lowest BCUT2D eigenvalue weighted by Crippen LogP contribution is -2.12. The number of aryl methyl sites for hydroxylation is 1. The fourth-order valence-electron chi connectivity index (χ4n) is 2.53. The standard InChI is InChI=1S/C21H17ClN2O3S/c1-2-15-6-8-16(9-7-15)24-28(25,26)18-12-10-17(11-13-18)27-21-5-3-4-20(22)19(21)14-23/h3-13,24H,2H2,1H3. The van der Waals surface area contributed by atoms with Crippen LogP contribution in [0.25, 0.3) is 0 Å². The minimum Gasteiger partial charge on any atom is -0.456 e. The van der Waals surface area contributed by atoms with E-state index in [9.17, 15) is 13.7 Å². The van der Waals surface area contributed by atoms with E-state index in [0.29, 0.717) is 17.2 Å². The number of nitriles is 1. The highest BCUT2D eigenvalue weighted by Crippen LogP contribution is 2.30. The molecule has 1 N–H and O–H groups in total. The lowest BCUT2D eigenvalue weighted by atomic mass is 10.2. The van der Waals surface area contributed by atoms with Gasteiger partial charge in [-0.15, -0.1) is 0 Å². The summed E-state index contributed by atoms with van der Waals surface area (Å²) in [6.07, 6.45) is 0.884. The van der Waals surface area contributed by atoms with E-state index in [1.165, 1.54) is 24.3 Å². The number of hydrogen-bond acceptors (Lipinski definition) is 4. The van der Waals surface area contributed by atoms with Crippen LogP contribution in [0.3, 0.4) is 0 Å². The van der Waals surface area contributed by atoms with Crippen LogP contribution in [0.1, 0.15) is 18.1 Å². The smallest absolute Gasteiger partial charge is 0.261 e. The molecule has 0 aliphatic carbocycles. The Hall–Kier alpha value is -3.01. The maximum absolute atomic E-state index is 12.6. The number of nitrogens with one attached hydrogen (secondary N) is 1. The molecule has 0 heterocycles. The molecule has 0 aliphatic heterocycles. The number of nitrogens with zero attached hydrogens (tertiary/aromatic N) is 1. The lowest BCUT2D eigenvalue weighted by molar-refractivity contribution is 0.480. The van der Waals surface area contributed by atoms with Gasteiger partial charge in [-0.1, -0.05) is 36.7 Å². The minimum atomic E-state index is -3.72. The predicted octanol–water partition coefficient (Wildman–Crippen LogP) is 5.37. The van der Waals surface area contributed by atoms with Crippen molar-refractivity contribution in [3.8, 4) is 17.6 Å². The van der Waals surface area contributed by atoms with E-state index in [1.54, 1.807) is 30.3 Å². The first-order valence-electron chi connectivity index (χ1n) is 8.51. The monoisotopic (exact) mass is 412 g/mol. The number of anilines is 1. The largest absolute Gasteiger partial charge is 0.456 e. The van der Waals surface area contributed by atoms with Gasteiger partial charge in [-0.2, -0.15) is 5.26 Å². The molecule has 3 rings (SSSR count). The maximum Gasteiger partial charge on any atom is 0.261 e. The highest BCUT2D eigenvalue weighted by Gasteiger charge is 2.15. The van der Waals surface area contributed by atoms with Gasteiger partial charge in [-0.25, -0.2) is 8.42 Å². The van der Waals surface area contributed by atoms with Crippen LogP contribution in [0.2, 0.25) is 5.02 Å². The summed E-state index contributed by atoms with van der Waals surface area (Å²) in [4.78, 5) is 0.103. The SMILES string of the molecule is CCc1ccc(NS(=O)(=O)c2ccc(Oc3cccc(Cl)c3C#N)cc2)cc1. The third kappa shape index (κ3) is 4.45. The molecule has 0 aromatic heterocycles. The van der Waals surface area contributed by atoms with Crippen LogP contribution >= 0.6 is 11.6 Å². The average Bonchev–Trinajstić information content (AvgIpc) is 2.69. The first-order valence-corrected chi connectivity index (χ1v) is 10.4. The summed E-state index contributed by atoms with van der Waals surface area (Å²) in [6.45, 7) is 2.03. The summed E-state index contributed by atoms with van der Waals surface area (Å²) < 4.78 is 33.3. The van der Waals surface area contributed by atoms with Crippen molar-refractivity contribution in [1.29, 1.82) is 5.26 Å². The Kier molecular flexibility index (Phi) is 5.88. The quantitative estimate of drug-likeness (QED) is 0.590. The first kappa shape index (κ1) is 19.7. The van der Waals surface area contributed by atoms with Crippen molar-refractivity contribution in [3.05, 3.63) is 82.9 Å². The van der Waals surface area contributed by atoms with Crippen molar-refractivity contribution in [1.82, 2.24) is 0 Å². The third-order valence-electron chi connectivity index (χ3n) is 4.06. The first-order chi connectivity index (χ1) is 13.4. The highest BCUT2D eigenvalue weighted by atomic mass is 35.5. The number of sulfonamides is 1. The fourth-order valence-corrected chi connectivity index (χ4v) is 3.80. The van der Waals surface area contributed by atoms with Crippen LogP contribution in [0.4, 0.5) is 5.69 Å². The zero-order chi connectivity index (χ0) is 20.1. The van der Waals surface area contributed by atoms with Crippen LogP contribution in [0.5, 0.6) is 11.5 Å². The molecule has 0 radical (unpaired) electrons. The molecule has 0 saturated heterocycles. The second-order valence-corrected chi connectivity index (χ2v) is 8.04. The number of benzene rings is 3. The van der Waals surface area contributed by atoms with Crippen LogP contribution < -0.4 is 9.46 Å². The summed E-state index contributed by atoms with van der Waals surface area (Å²) >= 11 is 5.99. The van der Waals surface area contributed by atoms with Gasteiger partial charge in [0.05, 0.1) is 9.92 Å². The van der Waals surface area contributed by atoms with Crippen LogP contribution in [0.15, 0.2) is 71.6 Å². The van der Waals surface area contributed by atoms with Crippen LogP contribution in [-0.2, 0) is 16.4 Å². The van der Waals surface area contributed by atoms with Gasteiger partial charge in [0, 0.05) is 5.69 Å². The molecule has 0 bridgehead atoms. The third-order valence-corrected chi connectivity index (χ3v) is 5.78. The van der Waals surface area contributed by atoms with Crippen molar-refractivity contribution in [2.75, 3.05) is 4.72 Å². The molecule has 7 heteroatoms. The molecule has 3 aromatic rings. The second kappa shape index (κ2) is 8.34. The minimum absolute atomic E-state index is 0.103. The van der Waals surface area contributed by atoms with Gasteiger partial charge in [0.1, 0.15) is 23.1 Å². The summed E-state index contributed by atoms with van der Waals surface area (Å²) in [6, 6.07) is 20.0. The van der Waals surface area contributed by atoms with E-state index in [-0.39, 0.29) is 15.5 Å². The molecular weight excluding hydrogens is 396 g/mol. The molecule has 0 aliphatic rings. The molecule has 0 fully saturated rings. The lowest BCUT2D eigenvalue weighted by Gasteiger charge is -2.11. The zero-order valence-electron chi connectivity index (χ0n) is 15.0. The van der Waals surface area contributed by atoms with Crippen molar-refractivity contribution < 1.29 is 13.2 Å². The zero-order valence-corrected chi connectivity index (χ0v) is 16.6. The molecular formula is C21H17ClN2O3S. The average molecular weight is 413 g/mol. The number of halogens is 1. The Labute approximate surface area is 169 Å². The number of rotatable bonds is 6. The van der Waals surface area contributed by atoms with Gasteiger partial charge in [0.25, 0.3) is 10.0 Å². The fraction of sp³-hybridized carbons (Fsp3) is 0.0952. The van der Waals surface area contributed by atoms with Gasteiger partial charge in [0.2, 0.25) is 0 Å². The van der Waals surface area contributed by atoms with E-state index in [2.05, 4.69) is 4.72 Å². The van der Waals surface area contributed by atoms with Gasteiger partial charge in [-0.05, 0) is 60.5 Å². The summed E-state index contributed by atoms with van der Waals surface area (Å²) in [5.74, 6) is 0.699. The molecule has 0 amide bonds. The molecule has 28 heavy (non-hydrogen) atoms. The van der Waals surface area contributed by atoms with Gasteiger partial charge >= 0.3 is 0 Å². The normalized spacial score (nSPS) is 10.9.